The molecule has 4 saturated carbocycles. The van der Waals surface area contributed by atoms with Gasteiger partial charge in [-0.15, -0.1) is 0 Å². The maximum absolute atomic E-state index is 12.7. The summed E-state index contributed by atoms with van der Waals surface area (Å²) in [6, 6.07) is 9.50. The lowest BCUT2D eigenvalue weighted by molar-refractivity contribution is -0.383. The van der Waals surface area contributed by atoms with Crippen LogP contribution < -0.4 is 10.6 Å². The number of pyridine rings is 1. The maximum Gasteiger partial charge on any atom is 0.342 e. The molecule has 3 N–H and O–H groups in total. The third kappa shape index (κ3) is 4.20. The highest BCUT2D eigenvalue weighted by Gasteiger charge is 2.55. The van der Waals surface area contributed by atoms with Crippen molar-refractivity contribution in [3.8, 4) is 0 Å². The zero-order chi connectivity index (χ0) is 23.9. The van der Waals surface area contributed by atoms with E-state index in [4.69, 9.17) is 4.74 Å². The van der Waals surface area contributed by atoms with Crippen LogP contribution in [0.3, 0.4) is 0 Å². The fourth-order valence-electron chi connectivity index (χ4n) is 6.48. The molecule has 5 atom stereocenters. The van der Waals surface area contributed by atoms with E-state index < -0.39 is 16.5 Å². The first-order valence-electron chi connectivity index (χ1n) is 12.0. The van der Waals surface area contributed by atoms with Gasteiger partial charge in [-0.2, -0.15) is 0 Å². The van der Waals surface area contributed by atoms with Crippen LogP contribution in [-0.2, 0) is 11.3 Å². The Morgan fingerprint density at radius 1 is 1.24 bits per heavy atom. The van der Waals surface area contributed by atoms with Crippen LogP contribution in [0.4, 0.5) is 17.2 Å². The summed E-state index contributed by atoms with van der Waals surface area (Å²) in [7, 11) is 0. The minimum Gasteiger partial charge on any atom is -0.462 e. The first kappa shape index (κ1) is 22.6. The van der Waals surface area contributed by atoms with Gasteiger partial charge in [-0.1, -0.05) is 30.3 Å². The van der Waals surface area contributed by atoms with E-state index in [0.29, 0.717) is 25.3 Å². The molecule has 1 heterocycles. The third-order valence-corrected chi connectivity index (χ3v) is 7.59. The Kier molecular flexibility index (Phi) is 5.89. The lowest BCUT2D eigenvalue weighted by Gasteiger charge is -2.58. The van der Waals surface area contributed by atoms with Gasteiger partial charge in [0.25, 0.3) is 0 Å². The highest BCUT2D eigenvalue weighted by molar-refractivity contribution is 5.99. The lowest BCUT2D eigenvalue weighted by Crippen LogP contribution is -2.59. The molecule has 9 nitrogen and oxygen atoms in total. The molecule has 0 amide bonds. The number of carbonyl (C=O) groups is 1. The molecular formula is C25H30N4O5. The van der Waals surface area contributed by atoms with Gasteiger partial charge in [0.15, 0.2) is 0 Å². The molecule has 1 aromatic carbocycles. The van der Waals surface area contributed by atoms with Crippen molar-refractivity contribution in [2.45, 2.75) is 57.2 Å². The zero-order valence-corrected chi connectivity index (χ0v) is 19.2. The van der Waals surface area contributed by atoms with E-state index in [0.717, 1.165) is 24.8 Å². The molecule has 0 spiro atoms. The van der Waals surface area contributed by atoms with Crippen molar-refractivity contribution < 1.29 is 19.6 Å². The molecule has 180 valence electrons. The number of hydrogen-bond donors (Lipinski definition) is 3. The Morgan fingerprint density at radius 3 is 2.56 bits per heavy atom. The number of aliphatic hydroxyl groups is 1. The Labute approximate surface area is 198 Å². The predicted molar refractivity (Wildman–Crippen MR) is 127 cm³/mol. The van der Waals surface area contributed by atoms with Crippen molar-refractivity contribution in [3.63, 3.8) is 0 Å². The maximum atomic E-state index is 12.7. The molecule has 4 bridgehead atoms. The molecule has 0 aliphatic heterocycles. The van der Waals surface area contributed by atoms with Crippen molar-refractivity contribution in [3.05, 3.63) is 57.8 Å². The second-order valence-corrected chi connectivity index (χ2v) is 9.93. The van der Waals surface area contributed by atoms with Crippen molar-refractivity contribution in [1.29, 1.82) is 0 Å². The van der Waals surface area contributed by atoms with Crippen LogP contribution in [-0.4, -0.2) is 39.2 Å². The second kappa shape index (κ2) is 8.87. The Bertz CT molecular complexity index is 1080. The smallest absolute Gasteiger partial charge is 0.342 e. The van der Waals surface area contributed by atoms with Crippen LogP contribution in [0.5, 0.6) is 0 Å². The van der Waals surface area contributed by atoms with Gasteiger partial charge in [-0.05, 0) is 62.3 Å². The number of nitrogens with zero attached hydrogens (tertiary/aromatic N) is 2. The minimum atomic E-state index is -0.641. The summed E-state index contributed by atoms with van der Waals surface area (Å²) < 4.78 is 5.19. The number of aromatic nitrogens is 1. The molecule has 0 radical (unpaired) electrons. The Hall–Kier alpha value is -3.20. The number of benzene rings is 1. The average molecular weight is 467 g/mol. The second-order valence-electron chi connectivity index (χ2n) is 9.93. The van der Waals surface area contributed by atoms with Gasteiger partial charge in [-0.25, -0.2) is 9.78 Å². The quantitative estimate of drug-likeness (QED) is 0.301. The molecular weight excluding hydrogens is 436 g/mol. The zero-order valence-electron chi connectivity index (χ0n) is 19.2. The van der Waals surface area contributed by atoms with Gasteiger partial charge in [-0.3, -0.25) is 10.1 Å². The molecule has 0 saturated heterocycles. The van der Waals surface area contributed by atoms with Gasteiger partial charge in [0, 0.05) is 18.8 Å². The molecule has 34 heavy (non-hydrogen) atoms. The van der Waals surface area contributed by atoms with E-state index in [1.165, 1.54) is 6.20 Å². The number of rotatable bonds is 8. The molecule has 3 unspecified atom stereocenters. The molecule has 9 heteroatoms. The lowest BCUT2D eigenvalue weighted by atomic mass is 9.52. The van der Waals surface area contributed by atoms with Crippen molar-refractivity contribution in [2.24, 2.45) is 17.8 Å². The topological polar surface area (TPSA) is 127 Å². The summed E-state index contributed by atoms with van der Waals surface area (Å²) in [6.45, 7) is 2.21. The van der Waals surface area contributed by atoms with Gasteiger partial charge < -0.3 is 20.5 Å². The van der Waals surface area contributed by atoms with Gasteiger partial charge in [0.05, 0.1) is 17.1 Å². The number of nitro groups is 1. The van der Waals surface area contributed by atoms with Gasteiger partial charge >= 0.3 is 11.7 Å². The fraction of sp³-hybridized carbons (Fsp3) is 0.520. The van der Waals surface area contributed by atoms with Crippen LogP contribution in [0.1, 0.15) is 54.9 Å². The number of ether oxygens (including phenoxy) is 1. The molecule has 4 aliphatic rings. The summed E-state index contributed by atoms with van der Waals surface area (Å²) in [4.78, 5) is 28.8. The molecule has 2 aromatic rings. The normalized spacial score (nSPS) is 29.0. The third-order valence-electron chi connectivity index (χ3n) is 7.59. The van der Waals surface area contributed by atoms with Gasteiger partial charge in [0.1, 0.15) is 11.3 Å². The number of esters is 1. The standard InChI is InChI=1S/C25H30N4O5/c1-2-34-24(30)19-14-27-23(26-13-15-6-4-3-5-7-15)22(29(32)33)21(19)28-20-17-8-16-9-18(20)12-25(31,10-16)11-17/h3-7,14,16-18,20,31H,2,8-13H2,1H3,(H2,26,27,28)/t16?,17-,18+,20?,25?. The number of hydrogen-bond acceptors (Lipinski definition) is 8. The first-order chi connectivity index (χ1) is 16.4. The van der Waals surface area contributed by atoms with Crippen molar-refractivity contribution in [2.75, 3.05) is 17.2 Å². The van der Waals surface area contributed by atoms with E-state index >= 15 is 0 Å². The van der Waals surface area contributed by atoms with E-state index in [1.807, 2.05) is 30.3 Å². The number of anilines is 2. The highest BCUT2D eigenvalue weighted by Crippen LogP contribution is 2.56. The molecule has 4 fully saturated rings. The predicted octanol–water partition coefficient (Wildman–Crippen LogP) is 4.13. The summed E-state index contributed by atoms with van der Waals surface area (Å²) in [5.41, 5.74) is 0.293. The van der Waals surface area contributed by atoms with Gasteiger partial charge in [0.2, 0.25) is 5.82 Å². The summed E-state index contributed by atoms with van der Waals surface area (Å²) >= 11 is 0. The van der Waals surface area contributed by atoms with Crippen LogP contribution in [0.15, 0.2) is 36.5 Å². The number of carbonyl (C=O) groups excluding carboxylic acids is 1. The van der Waals surface area contributed by atoms with Crippen molar-refractivity contribution >= 4 is 23.2 Å². The monoisotopic (exact) mass is 466 g/mol. The van der Waals surface area contributed by atoms with E-state index in [-0.39, 0.29) is 47.2 Å². The Morgan fingerprint density at radius 2 is 1.94 bits per heavy atom. The van der Waals surface area contributed by atoms with Crippen LogP contribution in [0.25, 0.3) is 0 Å². The number of nitrogens with one attached hydrogen (secondary N) is 2. The molecule has 1 aromatic heterocycles. The van der Waals surface area contributed by atoms with Crippen molar-refractivity contribution in [1.82, 2.24) is 4.98 Å². The largest absolute Gasteiger partial charge is 0.462 e. The molecule has 6 rings (SSSR count). The van der Waals surface area contributed by atoms with E-state index in [1.54, 1.807) is 6.92 Å². The SMILES string of the molecule is CCOC(=O)c1cnc(NCc2ccccc2)c([N+](=O)[O-])c1NC1[C@@H]2CC3C[C@H]1CC(O)(C3)C2. The minimum absolute atomic E-state index is 0.0481. The van der Waals surface area contributed by atoms with Crippen LogP contribution in [0, 0.1) is 27.9 Å². The average Bonchev–Trinajstić information content (AvgIpc) is 2.79. The fourth-order valence-corrected chi connectivity index (χ4v) is 6.48. The first-order valence-corrected chi connectivity index (χ1v) is 12.0. The summed E-state index contributed by atoms with van der Waals surface area (Å²) in [6.07, 6.45) is 5.55. The van der Waals surface area contributed by atoms with E-state index in [2.05, 4.69) is 15.6 Å². The summed E-state index contributed by atoms with van der Waals surface area (Å²) in [5, 5.41) is 29.7. The van der Waals surface area contributed by atoms with E-state index in [9.17, 15) is 20.0 Å². The molecule has 4 aliphatic carbocycles. The summed E-state index contributed by atoms with van der Waals surface area (Å²) in [5.74, 6) is 0.379. The Balaban J connectivity index is 1.50. The van der Waals surface area contributed by atoms with Crippen LogP contribution >= 0.6 is 0 Å². The van der Waals surface area contributed by atoms with Crippen LogP contribution in [0.2, 0.25) is 0 Å². The highest BCUT2D eigenvalue weighted by atomic mass is 16.6.